The van der Waals surface area contributed by atoms with Crippen molar-refractivity contribution in [2.24, 2.45) is 0 Å². The Kier molecular flexibility index (Phi) is 9.08. The summed E-state index contributed by atoms with van der Waals surface area (Å²) in [5, 5.41) is 2.74. The molecule has 4 amide bonds. The second-order valence-electron chi connectivity index (χ2n) is 12.8. The zero-order valence-electron chi connectivity index (χ0n) is 26.5. The number of nitrogens with zero attached hydrogens (tertiary/aromatic N) is 4. The van der Waals surface area contributed by atoms with E-state index in [0.29, 0.717) is 32.4 Å². The first-order valence-electron chi connectivity index (χ1n) is 15.8. The van der Waals surface area contributed by atoms with Gasteiger partial charge in [0.2, 0.25) is 23.8 Å². The number of carbonyl (C=O) groups is 4. The highest BCUT2D eigenvalue weighted by molar-refractivity contribution is 7.52. The summed E-state index contributed by atoms with van der Waals surface area (Å²) in [6, 6.07) is 10.7. The van der Waals surface area contributed by atoms with Gasteiger partial charge in [-0.05, 0) is 43.0 Å². The number of hydrogen-bond acceptors (Lipinski definition) is 5. The number of aromatic nitrogens is 1. The van der Waals surface area contributed by atoms with E-state index in [-0.39, 0.29) is 53.5 Å². The largest absolute Gasteiger partial charge is 0.399 e. The van der Waals surface area contributed by atoms with Gasteiger partial charge < -0.3 is 39.6 Å². The molecule has 0 bridgehead atoms. The quantitative estimate of drug-likeness (QED) is 0.227. The van der Waals surface area contributed by atoms with Gasteiger partial charge in [0.25, 0.3) is 5.91 Å². The molecule has 3 aromatic rings. The second kappa shape index (κ2) is 13.0. The first-order chi connectivity index (χ1) is 23.2. The molecule has 13 nitrogen and oxygen atoms in total. The van der Waals surface area contributed by atoms with Gasteiger partial charge in [-0.2, -0.15) is 8.78 Å². The van der Waals surface area contributed by atoms with Crippen LogP contribution in [-0.2, 0) is 24.6 Å². The predicted molar refractivity (Wildman–Crippen MR) is 172 cm³/mol. The van der Waals surface area contributed by atoms with E-state index in [2.05, 4.69) is 15.1 Å². The Morgan fingerprint density at radius 3 is 2.43 bits per heavy atom. The average molecular weight is 697 g/mol. The molecule has 4 N–H and O–H groups in total. The maximum atomic E-state index is 14.3. The third kappa shape index (κ3) is 6.44. The normalized spacial score (nSPS) is 24.7. The lowest BCUT2D eigenvalue weighted by molar-refractivity contribution is -0.148. The number of benzene rings is 2. The summed E-state index contributed by atoms with van der Waals surface area (Å²) in [5.41, 5.74) is -4.31. The standard InChI is InChI=1S/C33H35F2N6O7P/c1-19(42)39-13-12-23-9-11-29(32(45)40-16-24(27(17-40)36-2)20-6-4-3-5-7-20)41(23)31(44)28(18-39)38-30(43)26-15-21-14-22(8-10-25(21)37-26)33(34,35)49(46,47)48/h3-8,10,14-15,23-24,27-29,37H,9,11-13,16-18H2,1H3,(H,38,43)(H2,46,47,48)/t23-,24+,27-,28+,29+/m1/s1. The molecule has 3 aliphatic heterocycles. The number of aromatic amines is 1. The molecular weight excluding hydrogens is 661 g/mol. The molecule has 0 aliphatic carbocycles. The van der Waals surface area contributed by atoms with Crippen LogP contribution in [0.4, 0.5) is 8.78 Å². The lowest BCUT2D eigenvalue weighted by atomic mass is 9.95. The molecule has 6 rings (SSSR count). The first kappa shape index (κ1) is 34.2. The van der Waals surface area contributed by atoms with Gasteiger partial charge in [0.05, 0.1) is 12.5 Å². The van der Waals surface area contributed by atoms with Gasteiger partial charge in [0, 0.05) is 49.1 Å². The van der Waals surface area contributed by atoms with Gasteiger partial charge in [-0.25, -0.2) is 6.57 Å². The van der Waals surface area contributed by atoms with E-state index in [0.717, 1.165) is 23.8 Å². The fraction of sp³-hybridized carbons (Fsp3) is 0.424. The van der Waals surface area contributed by atoms with Crippen LogP contribution in [0.2, 0.25) is 0 Å². The molecule has 1 aromatic heterocycles. The molecule has 3 saturated heterocycles. The number of likely N-dealkylation sites (tertiary alicyclic amines) is 1. The fourth-order valence-electron chi connectivity index (χ4n) is 7.19. The molecule has 0 radical (unpaired) electrons. The van der Waals surface area contributed by atoms with Gasteiger partial charge in [-0.1, -0.05) is 36.4 Å². The second-order valence-corrected chi connectivity index (χ2v) is 14.4. The number of carbonyl (C=O) groups excluding carboxylic acids is 4. The molecule has 4 heterocycles. The molecule has 0 spiro atoms. The van der Waals surface area contributed by atoms with Crippen LogP contribution in [0.1, 0.15) is 53.7 Å². The summed E-state index contributed by atoms with van der Waals surface area (Å²) in [5.74, 6) is -2.07. The number of fused-ring (bicyclic) bond motifs is 2. The smallest absolute Gasteiger partial charge is 0.351 e. The third-order valence-corrected chi connectivity index (χ3v) is 10.8. The molecule has 3 aliphatic rings. The SMILES string of the molecule is [C-]#[N+][C@@H]1CN(C(=O)[C@@H]2CC[C@@H]3CCN(C(C)=O)C[C@H](NC(=O)c4cc5cc(C(F)(F)P(=O)(O)O)ccc5[nH]4)C(=O)N32)C[C@H]1c1ccccc1. The minimum absolute atomic E-state index is 0.0764. The number of nitrogens with one attached hydrogen (secondary N) is 2. The first-order valence-corrected chi connectivity index (χ1v) is 17.5. The van der Waals surface area contributed by atoms with Gasteiger partial charge in [-0.15, -0.1) is 0 Å². The number of hydrogen-bond donors (Lipinski definition) is 4. The summed E-state index contributed by atoms with van der Waals surface area (Å²) < 4.78 is 40.1. The topological polar surface area (TPSA) is 168 Å². The van der Waals surface area contributed by atoms with E-state index in [1.807, 2.05) is 30.3 Å². The maximum absolute atomic E-state index is 14.3. The minimum Gasteiger partial charge on any atom is -0.351 e. The number of rotatable bonds is 6. The highest BCUT2D eigenvalue weighted by atomic mass is 31.2. The van der Waals surface area contributed by atoms with E-state index in [1.54, 1.807) is 4.90 Å². The molecule has 2 aromatic carbocycles. The highest BCUT2D eigenvalue weighted by Gasteiger charge is 2.51. The summed E-state index contributed by atoms with van der Waals surface area (Å²) in [4.78, 5) is 83.7. The van der Waals surface area contributed by atoms with Gasteiger partial charge in [0.15, 0.2) is 0 Å². The van der Waals surface area contributed by atoms with Crippen molar-refractivity contribution in [2.45, 2.75) is 61.9 Å². The van der Waals surface area contributed by atoms with Crippen molar-refractivity contribution in [1.29, 1.82) is 0 Å². The van der Waals surface area contributed by atoms with Crippen molar-refractivity contribution in [3.05, 3.63) is 82.8 Å². The molecular formula is C33H35F2N6O7P. The predicted octanol–water partition coefficient (Wildman–Crippen LogP) is 3.02. The van der Waals surface area contributed by atoms with Crippen LogP contribution in [0, 0.1) is 6.57 Å². The van der Waals surface area contributed by atoms with Crippen LogP contribution < -0.4 is 5.32 Å². The fourth-order valence-corrected chi connectivity index (χ4v) is 7.67. The van der Waals surface area contributed by atoms with E-state index in [9.17, 15) is 32.5 Å². The van der Waals surface area contributed by atoms with E-state index >= 15 is 0 Å². The van der Waals surface area contributed by atoms with Crippen molar-refractivity contribution in [3.63, 3.8) is 0 Å². The number of halogens is 2. The van der Waals surface area contributed by atoms with E-state index in [1.165, 1.54) is 22.8 Å². The van der Waals surface area contributed by atoms with Crippen molar-refractivity contribution < 1.29 is 42.3 Å². The maximum Gasteiger partial charge on any atom is 0.399 e. The lowest BCUT2D eigenvalue weighted by Gasteiger charge is -2.39. The van der Waals surface area contributed by atoms with E-state index in [4.69, 9.17) is 16.4 Å². The molecule has 258 valence electrons. The minimum atomic E-state index is -5.82. The van der Waals surface area contributed by atoms with Crippen molar-refractivity contribution in [1.82, 2.24) is 25.0 Å². The van der Waals surface area contributed by atoms with Crippen molar-refractivity contribution >= 4 is 42.1 Å². The molecule has 5 atom stereocenters. The van der Waals surface area contributed by atoms with Crippen LogP contribution in [-0.4, -0.2) is 103 Å². The Hall–Kier alpha value is -4.64. The Morgan fingerprint density at radius 2 is 1.76 bits per heavy atom. The zero-order chi connectivity index (χ0) is 35.2. The van der Waals surface area contributed by atoms with Gasteiger partial charge in [0.1, 0.15) is 17.8 Å². The summed E-state index contributed by atoms with van der Waals surface area (Å²) in [6.07, 6.45) is 1.34. The van der Waals surface area contributed by atoms with Gasteiger partial charge >= 0.3 is 13.3 Å². The van der Waals surface area contributed by atoms with Crippen LogP contribution in [0.25, 0.3) is 15.7 Å². The van der Waals surface area contributed by atoms with Crippen molar-refractivity contribution in [2.75, 3.05) is 26.2 Å². The van der Waals surface area contributed by atoms with Crippen LogP contribution >= 0.6 is 7.60 Å². The Bertz CT molecular complexity index is 1890. The molecule has 16 heteroatoms. The highest BCUT2D eigenvalue weighted by Crippen LogP contribution is 2.59. The van der Waals surface area contributed by atoms with Crippen LogP contribution in [0.5, 0.6) is 0 Å². The Balaban J connectivity index is 1.24. The summed E-state index contributed by atoms with van der Waals surface area (Å²) in [7, 11) is -5.82. The van der Waals surface area contributed by atoms with E-state index < -0.39 is 48.8 Å². The average Bonchev–Trinajstić information content (AvgIpc) is 3.81. The summed E-state index contributed by atoms with van der Waals surface area (Å²) in [6.45, 7) is 9.79. The summed E-state index contributed by atoms with van der Waals surface area (Å²) >= 11 is 0. The Morgan fingerprint density at radius 1 is 1.02 bits per heavy atom. The lowest BCUT2D eigenvalue weighted by Crippen LogP contribution is -2.61. The Labute approximate surface area is 280 Å². The number of alkyl halides is 2. The monoisotopic (exact) mass is 696 g/mol. The van der Waals surface area contributed by atoms with Crippen molar-refractivity contribution in [3.8, 4) is 0 Å². The number of H-pyrrole nitrogens is 1. The molecule has 0 saturated carbocycles. The molecule has 49 heavy (non-hydrogen) atoms. The van der Waals surface area contributed by atoms with Gasteiger partial charge in [-0.3, -0.25) is 23.7 Å². The zero-order valence-corrected chi connectivity index (χ0v) is 27.4. The molecule has 0 unspecified atom stereocenters. The third-order valence-electron chi connectivity index (χ3n) is 9.80. The molecule has 3 fully saturated rings. The van der Waals surface area contributed by atoms with Crippen LogP contribution in [0.15, 0.2) is 54.6 Å². The van der Waals surface area contributed by atoms with Crippen LogP contribution in [0.3, 0.4) is 0 Å². The number of amides is 4.